The van der Waals surface area contributed by atoms with Gasteiger partial charge in [0, 0.05) is 0 Å². The van der Waals surface area contributed by atoms with E-state index in [0.717, 1.165) is 0 Å². The lowest BCUT2D eigenvalue weighted by Crippen LogP contribution is -2.32. The molecule has 0 aliphatic rings. The van der Waals surface area contributed by atoms with Crippen molar-refractivity contribution >= 4 is 17.6 Å². The van der Waals surface area contributed by atoms with Gasteiger partial charge in [0.15, 0.2) is 0 Å². The van der Waals surface area contributed by atoms with Crippen LogP contribution < -0.4 is 5.32 Å². The van der Waals surface area contributed by atoms with Crippen molar-refractivity contribution in [3.63, 3.8) is 0 Å². The second kappa shape index (κ2) is 3.69. The number of carbonyl (C=O) groups is 1. The third-order valence-corrected chi connectivity index (χ3v) is 0.908. The maximum atomic E-state index is 9.97. The molecule has 0 aromatic heterocycles. The van der Waals surface area contributed by atoms with E-state index in [1.54, 1.807) is 0 Å². The Kier molecular flexibility index (Phi) is 3.56. The first-order valence-corrected chi connectivity index (χ1v) is 2.74. The van der Waals surface area contributed by atoms with Crippen molar-refractivity contribution in [2.75, 3.05) is 6.00 Å². The number of aliphatic carboxylic acids is 1. The summed E-state index contributed by atoms with van der Waals surface area (Å²) < 4.78 is 0. The molecule has 0 unspecified atom stereocenters. The Bertz CT molecular complexity index is 86.1. The summed E-state index contributed by atoms with van der Waals surface area (Å²) in [4.78, 5) is 9.97. The number of carboxylic acids is 1. The summed E-state index contributed by atoms with van der Waals surface area (Å²) in [5.74, 6) is -0.884. The summed E-state index contributed by atoms with van der Waals surface area (Å²) in [5, 5.41) is 10.7. The van der Waals surface area contributed by atoms with Crippen molar-refractivity contribution in [1.82, 2.24) is 5.32 Å². The van der Waals surface area contributed by atoms with Crippen molar-refractivity contribution in [2.24, 2.45) is 0 Å². The monoisotopic (exact) mass is 137 g/mol. The standard InChI is InChI=1S/C4H8ClNO2/c1-3(4(7)8)6-2-5/h3,6H,2H2,1H3,(H,7,8)/t3-/m0/s1. The molecular formula is C4H8ClNO2. The van der Waals surface area contributed by atoms with E-state index in [1.165, 1.54) is 6.92 Å². The van der Waals surface area contributed by atoms with Crippen molar-refractivity contribution < 1.29 is 9.90 Å². The molecule has 0 fully saturated rings. The predicted octanol–water partition coefficient (Wildman–Crippen LogP) is 0.245. The lowest BCUT2D eigenvalue weighted by atomic mass is 10.4. The topological polar surface area (TPSA) is 49.3 Å². The van der Waals surface area contributed by atoms with Gasteiger partial charge in [-0.05, 0) is 6.92 Å². The molecule has 0 aromatic rings. The Morgan fingerprint density at radius 1 is 2.00 bits per heavy atom. The van der Waals surface area contributed by atoms with Crippen LogP contribution in [0.25, 0.3) is 0 Å². The second-order valence-corrected chi connectivity index (χ2v) is 1.66. The van der Waals surface area contributed by atoms with Gasteiger partial charge in [-0.15, -0.1) is 11.6 Å². The first kappa shape index (κ1) is 7.72. The van der Waals surface area contributed by atoms with Gasteiger partial charge in [0.1, 0.15) is 6.04 Å². The van der Waals surface area contributed by atoms with E-state index < -0.39 is 12.0 Å². The molecule has 0 aliphatic carbocycles. The number of carboxylic acid groups (broad SMARTS) is 1. The van der Waals surface area contributed by atoms with Gasteiger partial charge >= 0.3 is 5.97 Å². The Morgan fingerprint density at radius 3 is 2.62 bits per heavy atom. The van der Waals surface area contributed by atoms with Crippen molar-refractivity contribution in [3.8, 4) is 0 Å². The van der Waals surface area contributed by atoms with E-state index in [9.17, 15) is 4.79 Å². The molecule has 3 nitrogen and oxygen atoms in total. The van der Waals surface area contributed by atoms with Crippen LogP contribution in [0.15, 0.2) is 0 Å². The highest BCUT2D eigenvalue weighted by molar-refractivity contribution is 6.17. The van der Waals surface area contributed by atoms with Crippen LogP contribution in [-0.4, -0.2) is 23.1 Å². The zero-order valence-electron chi connectivity index (χ0n) is 4.52. The number of rotatable bonds is 3. The lowest BCUT2D eigenvalue weighted by Gasteiger charge is -2.02. The molecule has 8 heavy (non-hydrogen) atoms. The summed E-state index contributed by atoms with van der Waals surface area (Å²) in [7, 11) is 0. The molecule has 4 heteroatoms. The van der Waals surface area contributed by atoms with Crippen LogP contribution in [0.1, 0.15) is 6.92 Å². The fourth-order valence-corrected chi connectivity index (χ4v) is 0.434. The number of hydrogen-bond donors (Lipinski definition) is 2. The summed E-state index contributed by atoms with van der Waals surface area (Å²) in [5.41, 5.74) is 0. The number of hydrogen-bond acceptors (Lipinski definition) is 2. The highest BCUT2D eigenvalue weighted by atomic mass is 35.5. The summed E-state index contributed by atoms with van der Waals surface area (Å²) in [6.45, 7) is 1.53. The zero-order valence-corrected chi connectivity index (χ0v) is 5.27. The third kappa shape index (κ3) is 2.82. The molecule has 0 aromatic carbocycles. The summed E-state index contributed by atoms with van der Waals surface area (Å²) in [6.07, 6.45) is 0. The van der Waals surface area contributed by atoms with Gasteiger partial charge in [0.2, 0.25) is 0 Å². The molecule has 0 bridgehead atoms. The van der Waals surface area contributed by atoms with Gasteiger partial charge < -0.3 is 5.11 Å². The van der Waals surface area contributed by atoms with Crippen molar-refractivity contribution in [3.05, 3.63) is 0 Å². The smallest absolute Gasteiger partial charge is 0.320 e. The molecule has 0 saturated carbocycles. The lowest BCUT2D eigenvalue weighted by molar-refractivity contribution is -0.138. The Labute approximate surface area is 52.6 Å². The molecule has 0 heterocycles. The van der Waals surface area contributed by atoms with Gasteiger partial charge in [-0.3, -0.25) is 10.1 Å². The molecule has 0 aliphatic heterocycles. The van der Waals surface area contributed by atoms with E-state index in [2.05, 4.69) is 5.32 Å². The quantitative estimate of drug-likeness (QED) is 0.433. The van der Waals surface area contributed by atoms with Crippen LogP contribution in [0.4, 0.5) is 0 Å². The average molecular weight is 138 g/mol. The van der Waals surface area contributed by atoms with Crippen LogP contribution in [0.5, 0.6) is 0 Å². The molecule has 0 saturated heterocycles. The van der Waals surface area contributed by atoms with Crippen LogP contribution in [-0.2, 0) is 4.79 Å². The molecule has 0 amide bonds. The van der Waals surface area contributed by atoms with Crippen molar-refractivity contribution in [2.45, 2.75) is 13.0 Å². The van der Waals surface area contributed by atoms with Gasteiger partial charge in [-0.2, -0.15) is 0 Å². The summed E-state index contributed by atoms with van der Waals surface area (Å²) >= 11 is 5.17. The molecule has 0 radical (unpaired) electrons. The van der Waals surface area contributed by atoms with Crippen LogP contribution >= 0.6 is 11.6 Å². The van der Waals surface area contributed by atoms with Gasteiger partial charge in [0.05, 0.1) is 6.00 Å². The largest absolute Gasteiger partial charge is 0.480 e. The minimum atomic E-state index is -0.884. The molecule has 2 N–H and O–H groups in total. The number of nitrogens with one attached hydrogen (secondary N) is 1. The van der Waals surface area contributed by atoms with Crippen LogP contribution in [0, 0.1) is 0 Å². The van der Waals surface area contributed by atoms with E-state index in [0.29, 0.717) is 0 Å². The van der Waals surface area contributed by atoms with Gasteiger partial charge in [0.25, 0.3) is 0 Å². The SMILES string of the molecule is C[C@H](NCCl)C(=O)O. The summed E-state index contributed by atoms with van der Waals surface area (Å²) in [6, 6.07) is -0.375. The third-order valence-electron chi connectivity index (χ3n) is 0.754. The van der Waals surface area contributed by atoms with Gasteiger partial charge in [-0.25, -0.2) is 0 Å². The van der Waals surface area contributed by atoms with Gasteiger partial charge in [-0.1, -0.05) is 0 Å². The predicted molar refractivity (Wildman–Crippen MR) is 31.0 cm³/mol. The maximum Gasteiger partial charge on any atom is 0.320 e. The number of alkyl halides is 1. The van der Waals surface area contributed by atoms with E-state index in [-0.39, 0.29) is 6.00 Å². The van der Waals surface area contributed by atoms with E-state index in [1.807, 2.05) is 0 Å². The van der Waals surface area contributed by atoms with Crippen LogP contribution in [0.2, 0.25) is 0 Å². The Morgan fingerprint density at radius 2 is 2.50 bits per heavy atom. The highest BCUT2D eigenvalue weighted by Gasteiger charge is 2.06. The minimum absolute atomic E-state index is 0.174. The average Bonchev–Trinajstić information content (AvgIpc) is 1.67. The Hall–Kier alpha value is -0.280. The minimum Gasteiger partial charge on any atom is -0.480 e. The van der Waals surface area contributed by atoms with Crippen LogP contribution in [0.3, 0.4) is 0 Å². The second-order valence-electron chi connectivity index (χ2n) is 1.40. The fraction of sp³-hybridized carbons (Fsp3) is 0.750. The number of halogens is 1. The fourth-order valence-electron chi connectivity index (χ4n) is 0.203. The normalized spacial score (nSPS) is 13.2. The van der Waals surface area contributed by atoms with E-state index in [4.69, 9.17) is 16.7 Å². The van der Waals surface area contributed by atoms with Crippen molar-refractivity contribution in [1.29, 1.82) is 0 Å². The molecule has 0 spiro atoms. The molecule has 1 atom stereocenters. The first-order chi connectivity index (χ1) is 3.68. The highest BCUT2D eigenvalue weighted by Crippen LogP contribution is 1.79. The first-order valence-electron chi connectivity index (χ1n) is 2.20. The maximum absolute atomic E-state index is 9.97. The van der Waals surface area contributed by atoms with E-state index >= 15 is 0 Å². The Balaban J connectivity index is 3.32. The molecule has 48 valence electrons. The molecular weight excluding hydrogens is 130 g/mol. The zero-order chi connectivity index (χ0) is 6.57. The molecule has 0 rings (SSSR count).